The van der Waals surface area contributed by atoms with Crippen LogP contribution in [0.3, 0.4) is 0 Å². The maximum Gasteiger partial charge on any atom is 0.341 e. The number of hydrogen-bond donors (Lipinski definition) is 1. The van der Waals surface area contributed by atoms with E-state index >= 15 is 0 Å². The summed E-state index contributed by atoms with van der Waals surface area (Å²) in [4.78, 5) is 25.7. The SMILES string of the molecule is CCOC(=O)c1c(S(=O)(=O)N2CCC[C@@H](C(=O)Nc3cc(OC)cc(OC)c3)C2)c(C)n(C)c1C. The second-order valence-corrected chi connectivity index (χ2v) is 10.3. The third kappa shape index (κ3) is 5.30. The molecule has 3 rings (SSSR count). The number of ether oxygens (including phenoxy) is 3. The monoisotopic (exact) mass is 507 g/mol. The highest BCUT2D eigenvalue weighted by molar-refractivity contribution is 7.89. The second-order valence-electron chi connectivity index (χ2n) is 8.45. The number of methoxy groups -OCH3 is 2. The molecule has 1 amide bonds. The van der Waals surface area contributed by atoms with Gasteiger partial charge in [0.1, 0.15) is 22.0 Å². The van der Waals surface area contributed by atoms with Crippen LogP contribution in [0.4, 0.5) is 5.69 Å². The maximum absolute atomic E-state index is 13.7. The molecule has 2 aromatic rings. The summed E-state index contributed by atoms with van der Waals surface area (Å²) < 4.78 is 46.1. The quantitative estimate of drug-likeness (QED) is 0.546. The molecule has 0 spiro atoms. The first-order valence-electron chi connectivity index (χ1n) is 11.4. The van der Waals surface area contributed by atoms with Gasteiger partial charge in [0.05, 0.1) is 26.7 Å². The molecule has 1 aliphatic heterocycles. The molecule has 35 heavy (non-hydrogen) atoms. The lowest BCUT2D eigenvalue weighted by molar-refractivity contribution is -0.120. The Labute approximate surface area is 206 Å². The van der Waals surface area contributed by atoms with Gasteiger partial charge < -0.3 is 24.1 Å². The molecular weight excluding hydrogens is 474 g/mol. The van der Waals surface area contributed by atoms with Crippen LogP contribution in [0.1, 0.15) is 41.5 Å². The predicted octanol–water partition coefficient (Wildman–Crippen LogP) is 2.88. The third-order valence-electron chi connectivity index (χ3n) is 6.38. The Morgan fingerprint density at radius 2 is 1.71 bits per heavy atom. The van der Waals surface area contributed by atoms with E-state index in [1.165, 1.54) is 18.5 Å². The zero-order valence-corrected chi connectivity index (χ0v) is 21.8. The fourth-order valence-corrected chi connectivity index (χ4v) is 6.31. The lowest BCUT2D eigenvalue weighted by Crippen LogP contribution is -2.44. The highest BCUT2D eigenvalue weighted by atomic mass is 32.2. The average molecular weight is 508 g/mol. The van der Waals surface area contributed by atoms with Crippen molar-refractivity contribution in [1.29, 1.82) is 0 Å². The molecule has 0 unspecified atom stereocenters. The number of nitrogens with one attached hydrogen (secondary N) is 1. The molecule has 0 radical (unpaired) electrons. The Balaban J connectivity index is 1.87. The maximum atomic E-state index is 13.7. The molecule has 1 aliphatic rings. The molecule has 1 saturated heterocycles. The number of sulfonamides is 1. The standard InChI is InChI=1S/C24H33N3O7S/c1-7-34-24(29)21-15(2)26(4)16(3)22(21)35(30,31)27-10-8-9-17(14-27)23(28)25-18-11-19(32-5)13-20(12-18)33-6/h11-13,17H,7-10,14H2,1-6H3,(H,25,28)/t17-/m1/s1. The Morgan fingerprint density at radius 1 is 1.09 bits per heavy atom. The number of carbonyl (C=O) groups is 2. The zero-order chi connectivity index (χ0) is 25.9. The predicted molar refractivity (Wildman–Crippen MR) is 131 cm³/mol. The van der Waals surface area contributed by atoms with Crippen LogP contribution in [0.15, 0.2) is 23.1 Å². The number of benzene rings is 1. The minimum absolute atomic E-state index is 0.00488. The Bertz CT molecular complexity index is 1200. The van der Waals surface area contributed by atoms with Crippen LogP contribution in [0, 0.1) is 19.8 Å². The van der Waals surface area contributed by atoms with Gasteiger partial charge in [0, 0.05) is 55.4 Å². The zero-order valence-electron chi connectivity index (χ0n) is 21.0. The number of carbonyl (C=O) groups excluding carboxylic acids is 2. The van der Waals surface area contributed by atoms with Gasteiger partial charge in [0.15, 0.2) is 0 Å². The van der Waals surface area contributed by atoms with E-state index in [-0.39, 0.29) is 36.1 Å². The van der Waals surface area contributed by atoms with Gasteiger partial charge in [-0.2, -0.15) is 4.31 Å². The van der Waals surface area contributed by atoms with Crippen molar-refractivity contribution in [2.24, 2.45) is 13.0 Å². The van der Waals surface area contributed by atoms with Gasteiger partial charge in [-0.25, -0.2) is 13.2 Å². The van der Waals surface area contributed by atoms with Gasteiger partial charge in [-0.05, 0) is 33.6 Å². The van der Waals surface area contributed by atoms with Crippen molar-refractivity contribution in [3.8, 4) is 11.5 Å². The van der Waals surface area contributed by atoms with Crippen molar-refractivity contribution in [3.05, 3.63) is 35.2 Å². The minimum atomic E-state index is -4.06. The molecule has 0 saturated carbocycles. The molecular formula is C24H33N3O7S. The summed E-state index contributed by atoms with van der Waals surface area (Å²) >= 11 is 0. The van der Waals surface area contributed by atoms with Gasteiger partial charge in [0.25, 0.3) is 0 Å². The summed E-state index contributed by atoms with van der Waals surface area (Å²) in [5.74, 6) is -0.493. The van der Waals surface area contributed by atoms with Crippen molar-refractivity contribution in [3.63, 3.8) is 0 Å². The molecule has 1 fully saturated rings. The Hall–Kier alpha value is -3.05. The van der Waals surface area contributed by atoms with Crippen molar-refractivity contribution in [1.82, 2.24) is 8.87 Å². The average Bonchev–Trinajstić information content (AvgIpc) is 3.08. The fraction of sp³-hybridized carbons (Fsp3) is 0.500. The van der Waals surface area contributed by atoms with E-state index in [4.69, 9.17) is 14.2 Å². The third-order valence-corrected chi connectivity index (χ3v) is 8.40. The van der Waals surface area contributed by atoms with Crippen LogP contribution >= 0.6 is 0 Å². The van der Waals surface area contributed by atoms with E-state index in [2.05, 4.69) is 5.32 Å². The van der Waals surface area contributed by atoms with Crippen molar-refractivity contribution < 1.29 is 32.2 Å². The second kappa shape index (κ2) is 10.7. The highest BCUT2D eigenvalue weighted by Gasteiger charge is 2.39. The first kappa shape index (κ1) is 26.6. The summed E-state index contributed by atoms with van der Waals surface area (Å²) in [7, 11) is 0.684. The summed E-state index contributed by atoms with van der Waals surface area (Å²) in [6.45, 7) is 5.41. The van der Waals surface area contributed by atoms with E-state index in [9.17, 15) is 18.0 Å². The van der Waals surface area contributed by atoms with Crippen molar-refractivity contribution >= 4 is 27.6 Å². The molecule has 2 heterocycles. The van der Waals surface area contributed by atoms with Crippen LogP contribution < -0.4 is 14.8 Å². The van der Waals surface area contributed by atoms with Crippen LogP contribution in [0.5, 0.6) is 11.5 Å². The van der Waals surface area contributed by atoms with Gasteiger partial charge in [0.2, 0.25) is 15.9 Å². The molecule has 11 heteroatoms. The molecule has 0 bridgehead atoms. The molecule has 1 aromatic carbocycles. The number of anilines is 1. The van der Waals surface area contributed by atoms with Gasteiger partial charge >= 0.3 is 5.97 Å². The highest BCUT2D eigenvalue weighted by Crippen LogP contribution is 2.33. The lowest BCUT2D eigenvalue weighted by Gasteiger charge is -2.31. The van der Waals surface area contributed by atoms with E-state index < -0.39 is 21.9 Å². The lowest BCUT2D eigenvalue weighted by atomic mass is 9.98. The van der Waals surface area contributed by atoms with Crippen LogP contribution in [-0.4, -0.2) is 63.1 Å². The number of amides is 1. The minimum Gasteiger partial charge on any atom is -0.497 e. The van der Waals surface area contributed by atoms with Gasteiger partial charge in [-0.3, -0.25) is 4.79 Å². The largest absolute Gasteiger partial charge is 0.497 e. The number of hydrogen-bond acceptors (Lipinski definition) is 7. The fourth-order valence-electron chi connectivity index (χ4n) is 4.30. The number of rotatable bonds is 8. The summed E-state index contributed by atoms with van der Waals surface area (Å²) in [5.41, 5.74) is 1.49. The van der Waals surface area contributed by atoms with Crippen molar-refractivity contribution in [2.45, 2.75) is 38.5 Å². The van der Waals surface area contributed by atoms with E-state index in [1.807, 2.05) is 0 Å². The van der Waals surface area contributed by atoms with E-state index in [0.29, 0.717) is 41.4 Å². The molecule has 1 aromatic heterocycles. The van der Waals surface area contributed by atoms with E-state index in [0.717, 1.165) is 0 Å². The van der Waals surface area contributed by atoms with E-state index in [1.54, 1.807) is 50.6 Å². The summed E-state index contributed by atoms with van der Waals surface area (Å²) in [6, 6.07) is 5.02. The molecule has 1 atom stereocenters. The number of nitrogens with zero attached hydrogens (tertiary/aromatic N) is 2. The first-order chi connectivity index (χ1) is 16.5. The van der Waals surface area contributed by atoms with Gasteiger partial charge in [-0.1, -0.05) is 0 Å². The topological polar surface area (TPSA) is 116 Å². The number of piperidine rings is 1. The van der Waals surface area contributed by atoms with Crippen LogP contribution in [-0.2, 0) is 26.6 Å². The smallest absolute Gasteiger partial charge is 0.341 e. The number of esters is 1. The van der Waals surface area contributed by atoms with Gasteiger partial charge in [-0.15, -0.1) is 0 Å². The van der Waals surface area contributed by atoms with Crippen molar-refractivity contribution in [2.75, 3.05) is 39.2 Å². The summed E-state index contributed by atoms with van der Waals surface area (Å²) in [6.07, 6.45) is 1.05. The Kier molecular flexibility index (Phi) is 8.11. The van der Waals surface area contributed by atoms with Crippen LogP contribution in [0.25, 0.3) is 0 Å². The molecule has 1 N–H and O–H groups in total. The summed E-state index contributed by atoms with van der Waals surface area (Å²) in [5, 5.41) is 2.85. The molecule has 10 nitrogen and oxygen atoms in total. The molecule has 0 aliphatic carbocycles. The molecule has 192 valence electrons. The van der Waals surface area contributed by atoms with Crippen LogP contribution in [0.2, 0.25) is 0 Å². The first-order valence-corrected chi connectivity index (χ1v) is 12.9. The Morgan fingerprint density at radius 3 is 2.29 bits per heavy atom. The normalized spacial score (nSPS) is 16.6. The number of aromatic nitrogens is 1.